The Kier molecular flexibility index (Phi) is 6.93. The van der Waals surface area contributed by atoms with Gasteiger partial charge in [-0.3, -0.25) is 9.63 Å². The van der Waals surface area contributed by atoms with Gasteiger partial charge in [0.1, 0.15) is 6.61 Å². The molecule has 1 amide bonds. The maximum Gasteiger partial charge on any atom is 0.243 e. The summed E-state index contributed by atoms with van der Waals surface area (Å²) in [5, 5.41) is 1.34. The first kappa shape index (κ1) is 17.4. The normalized spacial score (nSPS) is 11.4. The molecule has 112 valence electrons. The Labute approximate surface area is 128 Å². The van der Waals surface area contributed by atoms with Gasteiger partial charge in [-0.2, -0.15) is 0 Å². The zero-order valence-corrected chi connectivity index (χ0v) is 14.6. The lowest BCUT2D eigenvalue weighted by atomic mass is 10.2. The average Bonchev–Trinajstić information content (AvgIpc) is 2.33. The summed E-state index contributed by atoms with van der Waals surface area (Å²) in [6, 6.07) is 7.74. The molecule has 6 heteroatoms. The Hall–Kier alpha value is -0.640. The smallest absolute Gasteiger partial charge is 0.243 e. The standard InChI is InChI=1S/C14H21BrNO3P/c1-12(17)16(9-4-10-20(2,3)18)19-11-13-5-7-14(15)8-6-13/h5-8H,4,9-11H2,1-3H3. The average molecular weight is 362 g/mol. The number of hydroxylamine groups is 2. The maximum absolute atomic E-state index is 11.6. The van der Waals surface area contributed by atoms with Crippen LogP contribution in [0, 0.1) is 0 Å². The second-order valence-corrected chi connectivity index (χ2v) is 9.68. The molecule has 0 heterocycles. The van der Waals surface area contributed by atoms with Gasteiger partial charge in [0.2, 0.25) is 5.91 Å². The molecule has 0 radical (unpaired) electrons. The summed E-state index contributed by atoms with van der Waals surface area (Å²) in [6.07, 6.45) is 1.31. The van der Waals surface area contributed by atoms with E-state index in [2.05, 4.69) is 15.9 Å². The highest BCUT2D eigenvalue weighted by atomic mass is 79.9. The van der Waals surface area contributed by atoms with E-state index in [1.165, 1.54) is 12.0 Å². The Morgan fingerprint density at radius 2 is 1.90 bits per heavy atom. The fraction of sp³-hybridized carbons (Fsp3) is 0.500. The first-order valence-electron chi connectivity index (χ1n) is 6.47. The van der Waals surface area contributed by atoms with Crippen LogP contribution in [0.25, 0.3) is 0 Å². The highest BCUT2D eigenvalue weighted by molar-refractivity contribution is 9.10. The summed E-state index contributed by atoms with van der Waals surface area (Å²) in [7, 11) is -2.03. The van der Waals surface area contributed by atoms with E-state index in [4.69, 9.17) is 4.84 Å². The van der Waals surface area contributed by atoms with Gasteiger partial charge in [0.05, 0.1) is 7.14 Å². The summed E-state index contributed by atoms with van der Waals surface area (Å²) in [6.45, 7) is 5.81. The third-order valence-corrected chi connectivity index (χ3v) is 4.63. The molecule has 0 aliphatic carbocycles. The molecule has 20 heavy (non-hydrogen) atoms. The number of rotatable bonds is 7. The van der Waals surface area contributed by atoms with Crippen LogP contribution in [-0.2, 0) is 20.8 Å². The molecule has 0 aliphatic heterocycles. The van der Waals surface area contributed by atoms with E-state index in [0.717, 1.165) is 10.0 Å². The van der Waals surface area contributed by atoms with E-state index in [0.29, 0.717) is 25.7 Å². The van der Waals surface area contributed by atoms with Gasteiger partial charge in [-0.15, -0.1) is 0 Å². The molecule has 0 aliphatic rings. The molecule has 0 saturated carbocycles. The Morgan fingerprint density at radius 1 is 1.30 bits per heavy atom. The molecule has 4 nitrogen and oxygen atoms in total. The monoisotopic (exact) mass is 361 g/mol. The molecular weight excluding hydrogens is 341 g/mol. The predicted octanol–water partition coefficient (Wildman–Crippen LogP) is 3.74. The highest BCUT2D eigenvalue weighted by Crippen LogP contribution is 2.36. The molecule has 0 fully saturated rings. The van der Waals surface area contributed by atoms with E-state index in [1.807, 2.05) is 24.3 Å². The zero-order chi connectivity index (χ0) is 15.2. The molecule has 0 aromatic heterocycles. The van der Waals surface area contributed by atoms with Gasteiger partial charge in [-0.1, -0.05) is 28.1 Å². The molecule has 1 rings (SSSR count). The van der Waals surface area contributed by atoms with E-state index >= 15 is 0 Å². The quantitative estimate of drug-likeness (QED) is 0.548. The minimum atomic E-state index is -2.03. The maximum atomic E-state index is 11.6. The molecule has 0 spiro atoms. The van der Waals surface area contributed by atoms with Crippen LogP contribution in [0.2, 0.25) is 0 Å². The van der Waals surface area contributed by atoms with Gasteiger partial charge in [-0.25, -0.2) is 5.06 Å². The molecule has 0 N–H and O–H groups in total. The van der Waals surface area contributed by atoms with Crippen LogP contribution in [0.5, 0.6) is 0 Å². The van der Waals surface area contributed by atoms with Crippen molar-refractivity contribution in [3.8, 4) is 0 Å². The van der Waals surface area contributed by atoms with Crippen molar-refractivity contribution in [1.82, 2.24) is 5.06 Å². The summed E-state index contributed by atoms with van der Waals surface area (Å²) in [5.41, 5.74) is 0.996. The van der Waals surface area contributed by atoms with Gasteiger partial charge < -0.3 is 4.57 Å². The number of hydrogen-bond donors (Lipinski definition) is 0. The van der Waals surface area contributed by atoms with Crippen molar-refractivity contribution in [2.24, 2.45) is 0 Å². The minimum absolute atomic E-state index is 0.135. The summed E-state index contributed by atoms with van der Waals surface area (Å²) < 4.78 is 12.6. The van der Waals surface area contributed by atoms with Crippen LogP contribution in [0.1, 0.15) is 18.9 Å². The summed E-state index contributed by atoms with van der Waals surface area (Å²) in [5.74, 6) is -0.135. The molecule has 0 atom stereocenters. The van der Waals surface area contributed by atoms with Crippen LogP contribution >= 0.6 is 23.1 Å². The third kappa shape index (κ3) is 7.22. The van der Waals surface area contributed by atoms with Crippen LogP contribution in [0.3, 0.4) is 0 Å². The number of nitrogens with zero attached hydrogens (tertiary/aromatic N) is 1. The van der Waals surface area contributed by atoms with Gasteiger partial charge >= 0.3 is 0 Å². The third-order valence-electron chi connectivity index (χ3n) is 2.71. The van der Waals surface area contributed by atoms with Crippen molar-refractivity contribution in [2.75, 3.05) is 26.0 Å². The zero-order valence-electron chi connectivity index (χ0n) is 12.1. The van der Waals surface area contributed by atoms with Crippen molar-refractivity contribution < 1.29 is 14.2 Å². The summed E-state index contributed by atoms with van der Waals surface area (Å²) >= 11 is 3.37. The highest BCUT2D eigenvalue weighted by Gasteiger charge is 2.12. The second kappa shape index (κ2) is 7.96. The van der Waals surface area contributed by atoms with E-state index in [-0.39, 0.29) is 5.91 Å². The van der Waals surface area contributed by atoms with Gasteiger partial charge in [0.15, 0.2) is 0 Å². The number of halogens is 1. The first-order valence-corrected chi connectivity index (χ1v) is 10.1. The van der Waals surface area contributed by atoms with Crippen molar-refractivity contribution in [3.05, 3.63) is 34.3 Å². The fourth-order valence-corrected chi connectivity index (χ4v) is 2.81. The van der Waals surface area contributed by atoms with Crippen LogP contribution < -0.4 is 0 Å². The van der Waals surface area contributed by atoms with Gasteiger partial charge in [-0.05, 0) is 37.4 Å². The number of benzene rings is 1. The van der Waals surface area contributed by atoms with Crippen molar-refractivity contribution >= 4 is 29.0 Å². The largest absolute Gasteiger partial charge is 0.324 e. The van der Waals surface area contributed by atoms with Crippen LogP contribution in [-0.4, -0.2) is 37.0 Å². The number of hydrogen-bond acceptors (Lipinski definition) is 3. The van der Waals surface area contributed by atoms with Crippen LogP contribution in [0.15, 0.2) is 28.7 Å². The molecule has 1 aromatic carbocycles. The number of amides is 1. The Bertz CT molecular complexity index is 484. The lowest BCUT2D eigenvalue weighted by Gasteiger charge is -2.20. The predicted molar refractivity (Wildman–Crippen MR) is 85.3 cm³/mol. The van der Waals surface area contributed by atoms with Crippen molar-refractivity contribution in [1.29, 1.82) is 0 Å². The Morgan fingerprint density at radius 3 is 2.40 bits per heavy atom. The molecule has 0 bridgehead atoms. The van der Waals surface area contributed by atoms with E-state index in [9.17, 15) is 9.36 Å². The summed E-state index contributed by atoms with van der Waals surface area (Å²) in [4.78, 5) is 17.0. The number of carbonyl (C=O) groups is 1. The molecular formula is C14H21BrNO3P. The number of carbonyl (C=O) groups excluding carboxylic acids is 1. The lowest BCUT2D eigenvalue weighted by molar-refractivity contribution is -0.189. The fourth-order valence-electron chi connectivity index (χ4n) is 1.64. The minimum Gasteiger partial charge on any atom is -0.324 e. The molecule has 0 saturated heterocycles. The van der Waals surface area contributed by atoms with Gasteiger partial charge in [0, 0.05) is 24.1 Å². The Balaban J connectivity index is 2.45. The topological polar surface area (TPSA) is 46.6 Å². The van der Waals surface area contributed by atoms with Crippen molar-refractivity contribution in [3.63, 3.8) is 0 Å². The molecule has 0 unspecified atom stereocenters. The van der Waals surface area contributed by atoms with Crippen molar-refractivity contribution in [2.45, 2.75) is 20.0 Å². The van der Waals surface area contributed by atoms with Crippen LogP contribution in [0.4, 0.5) is 0 Å². The molecule has 1 aromatic rings. The van der Waals surface area contributed by atoms with E-state index < -0.39 is 7.14 Å². The van der Waals surface area contributed by atoms with E-state index in [1.54, 1.807) is 13.3 Å². The van der Waals surface area contributed by atoms with Gasteiger partial charge in [0.25, 0.3) is 0 Å². The first-order chi connectivity index (χ1) is 9.28. The lowest BCUT2D eigenvalue weighted by Crippen LogP contribution is -2.30. The SMILES string of the molecule is CC(=O)N(CCCP(C)(C)=O)OCc1ccc(Br)cc1. The second-order valence-electron chi connectivity index (χ2n) is 5.17.